The van der Waals surface area contributed by atoms with Crippen LogP contribution in [0.2, 0.25) is 5.02 Å². The molecule has 132 valence electrons. The molecule has 0 radical (unpaired) electrons. The Morgan fingerprint density at radius 3 is 3.08 bits per heavy atom. The van der Waals surface area contributed by atoms with Crippen molar-refractivity contribution in [2.24, 2.45) is 13.0 Å². The van der Waals surface area contributed by atoms with Crippen molar-refractivity contribution in [3.63, 3.8) is 0 Å². The summed E-state index contributed by atoms with van der Waals surface area (Å²) in [5.74, 6) is 1.33. The molecule has 1 atom stereocenters. The second-order valence-corrected chi connectivity index (χ2v) is 6.35. The van der Waals surface area contributed by atoms with Gasteiger partial charge < -0.3 is 15.5 Å². The molecule has 2 aromatic rings. The van der Waals surface area contributed by atoms with Crippen LogP contribution in [0.4, 0.5) is 17.5 Å². The van der Waals surface area contributed by atoms with Gasteiger partial charge in [0.05, 0.1) is 18.1 Å². The molecule has 1 saturated heterocycles. The van der Waals surface area contributed by atoms with E-state index in [0.717, 1.165) is 18.7 Å². The topological polar surface area (TPSA) is 88.0 Å². The lowest BCUT2D eigenvalue weighted by molar-refractivity contribution is -0.125. The molecule has 1 aliphatic heterocycles. The number of aryl methyl sites for hydroxylation is 1. The third-order valence-corrected chi connectivity index (χ3v) is 4.31. The molecule has 25 heavy (non-hydrogen) atoms. The summed E-state index contributed by atoms with van der Waals surface area (Å²) in [6, 6.07) is 0. The highest BCUT2D eigenvalue weighted by Crippen LogP contribution is 2.23. The minimum Gasteiger partial charge on any atom is -0.368 e. The minimum absolute atomic E-state index is 0.0227. The fraction of sp³-hybridized carbons (Fsp3) is 0.375. The summed E-state index contributed by atoms with van der Waals surface area (Å²) in [6.07, 6.45) is 7.37. The Labute approximate surface area is 150 Å². The summed E-state index contributed by atoms with van der Waals surface area (Å²) in [5.41, 5.74) is 0.796. The fourth-order valence-electron chi connectivity index (χ4n) is 2.74. The van der Waals surface area contributed by atoms with Crippen LogP contribution in [-0.4, -0.2) is 50.2 Å². The van der Waals surface area contributed by atoms with Crippen LogP contribution in [-0.2, 0) is 11.8 Å². The van der Waals surface area contributed by atoms with Gasteiger partial charge in [0, 0.05) is 32.9 Å². The Bertz CT molecular complexity index is 776. The molecule has 8 nitrogen and oxygen atoms in total. The Hall–Kier alpha value is -2.61. The number of rotatable bonds is 6. The van der Waals surface area contributed by atoms with Gasteiger partial charge in [0.1, 0.15) is 5.02 Å². The van der Waals surface area contributed by atoms with Crippen LogP contribution in [0, 0.1) is 5.92 Å². The number of hydrogen-bond donors (Lipinski definition) is 2. The van der Waals surface area contributed by atoms with Crippen molar-refractivity contribution in [1.29, 1.82) is 0 Å². The molecule has 3 heterocycles. The average Bonchev–Trinajstić information content (AvgIpc) is 3.23. The Balaban J connectivity index is 1.59. The van der Waals surface area contributed by atoms with Crippen LogP contribution in [0.25, 0.3) is 0 Å². The maximum absolute atomic E-state index is 11.6. The number of anilines is 3. The van der Waals surface area contributed by atoms with E-state index < -0.39 is 0 Å². The van der Waals surface area contributed by atoms with Gasteiger partial charge in [-0.05, 0) is 18.4 Å². The van der Waals surface area contributed by atoms with Gasteiger partial charge in [0.25, 0.3) is 0 Å². The van der Waals surface area contributed by atoms with Crippen molar-refractivity contribution in [2.45, 2.75) is 6.42 Å². The zero-order chi connectivity index (χ0) is 17.8. The first-order valence-electron chi connectivity index (χ1n) is 7.98. The highest BCUT2D eigenvalue weighted by molar-refractivity contribution is 6.32. The van der Waals surface area contributed by atoms with Crippen LogP contribution in [0.15, 0.2) is 31.2 Å². The molecular formula is C16H20ClN7O. The maximum atomic E-state index is 11.6. The first kappa shape index (κ1) is 17.2. The van der Waals surface area contributed by atoms with Gasteiger partial charge in [0.15, 0.2) is 5.82 Å². The van der Waals surface area contributed by atoms with Crippen LogP contribution in [0.1, 0.15) is 6.42 Å². The van der Waals surface area contributed by atoms with E-state index in [1.807, 2.05) is 13.2 Å². The normalized spacial score (nSPS) is 16.7. The summed E-state index contributed by atoms with van der Waals surface area (Å²) in [6.45, 7) is 5.67. The summed E-state index contributed by atoms with van der Waals surface area (Å²) in [4.78, 5) is 22.0. The van der Waals surface area contributed by atoms with E-state index in [0.29, 0.717) is 35.8 Å². The molecule has 0 spiro atoms. The van der Waals surface area contributed by atoms with E-state index in [2.05, 4.69) is 32.3 Å². The lowest BCUT2D eigenvalue weighted by atomic mass is 10.1. The quantitative estimate of drug-likeness (QED) is 0.766. The predicted octanol–water partition coefficient (Wildman–Crippen LogP) is 2.05. The van der Waals surface area contributed by atoms with Gasteiger partial charge in [-0.15, -0.1) is 0 Å². The number of aromatic nitrogens is 4. The predicted molar refractivity (Wildman–Crippen MR) is 96.9 cm³/mol. The zero-order valence-corrected chi connectivity index (χ0v) is 14.7. The average molecular weight is 362 g/mol. The molecule has 0 aromatic carbocycles. The maximum Gasteiger partial charge on any atom is 0.245 e. The van der Waals surface area contributed by atoms with Gasteiger partial charge in [-0.25, -0.2) is 4.98 Å². The number of carbonyl (C=O) groups excluding carboxylic acids is 1. The number of likely N-dealkylation sites (tertiary alicyclic amines) is 1. The second kappa shape index (κ2) is 7.52. The van der Waals surface area contributed by atoms with E-state index in [-0.39, 0.29) is 5.91 Å². The molecule has 9 heteroatoms. The van der Waals surface area contributed by atoms with Gasteiger partial charge in [-0.1, -0.05) is 18.2 Å². The number of amides is 1. The standard InChI is InChI=1S/C16H20ClN7O/c1-3-14(25)24-5-4-11(9-24)6-18-15-13(17)8-19-16(22-15)21-12-7-20-23(2)10-12/h3,7-8,10-11H,1,4-6,9H2,2H3,(H2,18,19,21,22). The first-order chi connectivity index (χ1) is 12.0. The van der Waals surface area contributed by atoms with Crippen molar-refractivity contribution >= 4 is 35.0 Å². The molecule has 1 aliphatic rings. The Morgan fingerprint density at radius 2 is 2.36 bits per heavy atom. The number of nitrogens with one attached hydrogen (secondary N) is 2. The molecule has 1 unspecified atom stereocenters. The van der Waals surface area contributed by atoms with Crippen LogP contribution in [0.5, 0.6) is 0 Å². The summed E-state index contributed by atoms with van der Waals surface area (Å²) >= 11 is 6.18. The molecule has 0 bridgehead atoms. The highest BCUT2D eigenvalue weighted by atomic mass is 35.5. The largest absolute Gasteiger partial charge is 0.368 e. The van der Waals surface area contributed by atoms with E-state index in [4.69, 9.17) is 11.6 Å². The Kier molecular flexibility index (Phi) is 5.18. The molecular weight excluding hydrogens is 342 g/mol. The van der Waals surface area contributed by atoms with Crippen LogP contribution in [0.3, 0.4) is 0 Å². The molecule has 1 fully saturated rings. The number of carbonyl (C=O) groups is 1. The number of halogens is 1. The summed E-state index contributed by atoms with van der Waals surface area (Å²) in [5, 5.41) is 10.9. The van der Waals surface area contributed by atoms with E-state index in [1.54, 1.807) is 22.0 Å². The van der Waals surface area contributed by atoms with Gasteiger partial charge in [-0.3, -0.25) is 9.48 Å². The third kappa shape index (κ3) is 4.27. The molecule has 2 aromatic heterocycles. The van der Waals surface area contributed by atoms with Crippen LogP contribution >= 0.6 is 11.6 Å². The molecule has 0 aliphatic carbocycles. The molecule has 3 rings (SSSR count). The van der Waals surface area contributed by atoms with Crippen molar-refractivity contribution in [3.05, 3.63) is 36.3 Å². The second-order valence-electron chi connectivity index (χ2n) is 5.94. The van der Waals surface area contributed by atoms with Crippen molar-refractivity contribution in [2.75, 3.05) is 30.3 Å². The van der Waals surface area contributed by atoms with E-state index in [1.165, 1.54) is 6.08 Å². The number of nitrogens with zero attached hydrogens (tertiary/aromatic N) is 5. The Morgan fingerprint density at radius 1 is 1.52 bits per heavy atom. The van der Waals surface area contributed by atoms with Crippen LogP contribution < -0.4 is 10.6 Å². The summed E-state index contributed by atoms with van der Waals surface area (Å²) < 4.78 is 1.69. The van der Waals surface area contributed by atoms with Crippen molar-refractivity contribution in [1.82, 2.24) is 24.6 Å². The SMILES string of the molecule is C=CC(=O)N1CCC(CNc2nc(Nc3cnn(C)c3)ncc2Cl)C1. The molecule has 2 N–H and O–H groups in total. The van der Waals surface area contributed by atoms with Crippen molar-refractivity contribution in [3.8, 4) is 0 Å². The highest BCUT2D eigenvalue weighted by Gasteiger charge is 2.24. The van der Waals surface area contributed by atoms with E-state index in [9.17, 15) is 4.79 Å². The molecule has 1 amide bonds. The van der Waals surface area contributed by atoms with Gasteiger partial charge in [0.2, 0.25) is 11.9 Å². The monoisotopic (exact) mass is 361 g/mol. The smallest absolute Gasteiger partial charge is 0.245 e. The van der Waals surface area contributed by atoms with Gasteiger partial charge >= 0.3 is 0 Å². The third-order valence-electron chi connectivity index (χ3n) is 4.04. The minimum atomic E-state index is -0.0227. The lowest BCUT2D eigenvalue weighted by Crippen LogP contribution is -2.28. The van der Waals surface area contributed by atoms with Crippen molar-refractivity contribution < 1.29 is 4.79 Å². The number of hydrogen-bond acceptors (Lipinski definition) is 6. The first-order valence-corrected chi connectivity index (χ1v) is 8.36. The lowest BCUT2D eigenvalue weighted by Gasteiger charge is -2.15. The van der Waals surface area contributed by atoms with E-state index >= 15 is 0 Å². The zero-order valence-electron chi connectivity index (χ0n) is 13.9. The van der Waals surface area contributed by atoms with Gasteiger partial charge in [-0.2, -0.15) is 10.1 Å². The summed E-state index contributed by atoms with van der Waals surface area (Å²) in [7, 11) is 1.84. The molecule has 0 saturated carbocycles. The fourth-order valence-corrected chi connectivity index (χ4v) is 2.89.